The lowest BCUT2D eigenvalue weighted by Gasteiger charge is -2.33. The molecule has 9 heteroatoms. The standard InChI is InChI=1S/C11H22N4O3S2/c1-14-2-4-15(5-3-14)10(16)8(12)7-20-13-9(6-19)11(17)18/h8-9,13,19H,2-7,12H2,1H3,(H,17,18)/t8-,9-/m0/s1. The molecule has 7 nitrogen and oxygen atoms in total. The first-order chi connectivity index (χ1) is 9.45. The molecule has 0 bridgehead atoms. The number of rotatable bonds is 7. The number of nitrogens with one attached hydrogen (secondary N) is 1. The van der Waals surface area contributed by atoms with Crippen molar-refractivity contribution >= 4 is 36.5 Å². The van der Waals surface area contributed by atoms with E-state index in [-0.39, 0.29) is 11.7 Å². The van der Waals surface area contributed by atoms with Crippen molar-refractivity contribution in [3.63, 3.8) is 0 Å². The van der Waals surface area contributed by atoms with E-state index in [4.69, 9.17) is 10.8 Å². The van der Waals surface area contributed by atoms with E-state index >= 15 is 0 Å². The van der Waals surface area contributed by atoms with Gasteiger partial charge in [0.25, 0.3) is 0 Å². The monoisotopic (exact) mass is 322 g/mol. The van der Waals surface area contributed by atoms with E-state index in [1.165, 1.54) is 0 Å². The van der Waals surface area contributed by atoms with Crippen molar-refractivity contribution in [2.24, 2.45) is 5.73 Å². The zero-order valence-corrected chi connectivity index (χ0v) is 13.2. The quantitative estimate of drug-likeness (QED) is 0.342. The molecule has 1 aliphatic heterocycles. The SMILES string of the molecule is CN1CCN(C(=O)[C@@H](N)CSN[C@@H](CS)C(=O)O)CC1. The van der Waals surface area contributed by atoms with Gasteiger partial charge in [-0.3, -0.25) is 9.59 Å². The Morgan fingerprint density at radius 2 is 2.00 bits per heavy atom. The first-order valence-electron chi connectivity index (χ1n) is 6.39. The van der Waals surface area contributed by atoms with Gasteiger partial charge in [0.15, 0.2) is 0 Å². The second-order valence-corrected chi connectivity index (χ2v) is 5.96. The van der Waals surface area contributed by atoms with Gasteiger partial charge in [-0.1, -0.05) is 11.9 Å². The summed E-state index contributed by atoms with van der Waals surface area (Å²) in [5, 5.41) is 8.84. The van der Waals surface area contributed by atoms with Gasteiger partial charge in [0.05, 0.1) is 6.04 Å². The Morgan fingerprint density at radius 3 is 2.50 bits per heavy atom. The summed E-state index contributed by atoms with van der Waals surface area (Å²) >= 11 is 5.10. The van der Waals surface area contributed by atoms with E-state index in [1.54, 1.807) is 4.90 Å². The largest absolute Gasteiger partial charge is 0.480 e. The van der Waals surface area contributed by atoms with Crippen LogP contribution in [0.15, 0.2) is 0 Å². The molecule has 1 heterocycles. The highest BCUT2D eigenvalue weighted by atomic mass is 32.2. The zero-order chi connectivity index (χ0) is 15.1. The maximum atomic E-state index is 12.1. The number of carboxylic acids is 1. The summed E-state index contributed by atoms with van der Waals surface area (Å²) in [6.45, 7) is 3.08. The summed E-state index contributed by atoms with van der Waals surface area (Å²) in [6, 6.07) is -1.36. The molecular formula is C11H22N4O3S2. The number of nitrogens with two attached hydrogens (primary N) is 1. The minimum atomic E-state index is -0.966. The number of aliphatic carboxylic acids is 1. The van der Waals surface area contributed by atoms with Gasteiger partial charge in [-0.2, -0.15) is 12.6 Å². The molecule has 0 aromatic carbocycles. The Labute approximate surface area is 128 Å². The van der Waals surface area contributed by atoms with Gasteiger partial charge in [-0.15, -0.1) is 0 Å². The maximum Gasteiger partial charge on any atom is 0.322 e. The predicted octanol–water partition coefficient (Wildman–Crippen LogP) is -1.29. The summed E-state index contributed by atoms with van der Waals surface area (Å²) < 4.78 is 2.75. The smallest absolute Gasteiger partial charge is 0.322 e. The number of hydrogen-bond donors (Lipinski definition) is 4. The van der Waals surface area contributed by atoms with Crippen molar-refractivity contribution in [1.82, 2.24) is 14.5 Å². The van der Waals surface area contributed by atoms with Gasteiger partial charge in [0, 0.05) is 37.7 Å². The van der Waals surface area contributed by atoms with E-state index in [1.807, 2.05) is 7.05 Å². The Balaban J connectivity index is 2.29. The number of hydrogen-bond acceptors (Lipinski definition) is 7. The number of carbonyl (C=O) groups is 2. The number of nitrogens with zero attached hydrogens (tertiary/aromatic N) is 2. The third-order valence-corrected chi connectivity index (χ3v) is 4.44. The van der Waals surface area contributed by atoms with Crippen molar-refractivity contribution in [3.05, 3.63) is 0 Å². The Bertz CT molecular complexity index is 338. The molecule has 0 spiro atoms. The lowest BCUT2D eigenvalue weighted by molar-refractivity contribution is -0.138. The highest BCUT2D eigenvalue weighted by Gasteiger charge is 2.24. The highest BCUT2D eigenvalue weighted by Crippen LogP contribution is 2.06. The Morgan fingerprint density at radius 1 is 1.40 bits per heavy atom. The van der Waals surface area contributed by atoms with Crippen LogP contribution < -0.4 is 10.5 Å². The van der Waals surface area contributed by atoms with Crippen molar-refractivity contribution < 1.29 is 14.7 Å². The van der Waals surface area contributed by atoms with Gasteiger partial charge < -0.3 is 20.6 Å². The summed E-state index contributed by atoms with van der Waals surface area (Å²) in [4.78, 5) is 26.8. The molecule has 20 heavy (non-hydrogen) atoms. The Hall–Kier alpha value is -0.480. The fourth-order valence-electron chi connectivity index (χ4n) is 1.74. The molecule has 0 aromatic heterocycles. The molecule has 1 amide bonds. The van der Waals surface area contributed by atoms with Crippen LogP contribution >= 0.6 is 24.6 Å². The first-order valence-corrected chi connectivity index (χ1v) is 8.01. The van der Waals surface area contributed by atoms with Crippen LogP contribution in [0.2, 0.25) is 0 Å². The van der Waals surface area contributed by atoms with E-state index in [2.05, 4.69) is 22.3 Å². The minimum absolute atomic E-state index is 0.0786. The van der Waals surface area contributed by atoms with Crippen LogP contribution in [0.3, 0.4) is 0 Å². The molecule has 2 atom stereocenters. The third kappa shape index (κ3) is 5.49. The van der Waals surface area contributed by atoms with Crippen LogP contribution in [0, 0.1) is 0 Å². The van der Waals surface area contributed by atoms with E-state index in [9.17, 15) is 9.59 Å². The normalized spacial score (nSPS) is 19.6. The molecular weight excluding hydrogens is 300 g/mol. The number of carbonyl (C=O) groups excluding carboxylic acids is 1. The molecule has 4 N–H and O–H groups in total. The maximum absolute atomic E-state index is 12.1. The zero-order valence-electron chi connectivity index (χ0n) is 11.5. The number of thiol groups is 1. The van der Waals surface area contributed by atoms with Crippen molar-refractivity contribution in [1.29, 1.82) is 0 Å². The van der Waals surface area contributed by atoms with E-state index < -0.39 is 18.1 Å². The fourth-order valence-corrected chi connectivity index (χ4v) is 2.91. The molecule has 1 aliphatic rings. The summed E-state index contributed by atoms with van der Waals surface area (Å²) in [7, 11) is 2.02. The lowest BCUT2D eigenvalue weighted by atomic mass is 10.2. The van der Waals surface area contributed by atoms with Crippen LogP contribution in [0.1, 0.15) is 0 Å². The summed E-state index contributed by atoms with van der Waals surface area (Å²) in [5.41, 5.74) is 5.85. The number of amides is 1. The van der Waals surface area contributed by atoms with Crippen LogP contribution in [0.4, 0.5) is 0 Å². The number of piperazine rings is 1. The van der Waals surface area contributed by atoms with E-state index in [0.29, 0.717) is 18.8 Å². The summed E-state index contributed by atoms with van der Waals surface area (Å²) in [5.74, 6) is -0.524. The highest BCUT2D eigenvalue weighted by molar-refractivity contribution is 7.97. The van der Waals surface area contributed by atoms with Gasteiger partial charge >= 0.3 is 5.97 Å². The van der Waals surface area contributed by atoms with Gasteiger partial charge in [-0.05, 0) is 7.05 Å². The fraction of sp³-hybridized carbons (Fsp3) is 0.818. The lowest BCUT2D eigenvalue weighted by Crippen LogP contribution is -2.53. The predicted molar refractivity (Wildman–Crippen MR) is 82.9 cm³/mol. The van der Waals surface area contributed by atoms with Crippen LogP contribution in [-0.2, 0) is 9.59 Å². The van der Waals surface area contributed by atoms with Gasteiger partial charge in [0.2, 0.25) is 5.91 Å². The van der Waals surface area contributed by atoms with E-state index in [0.717, 1.165) is 25.0 Å². The molecule has 0 saturated carbocycles. The second-order valence-electron chi connectivity index (χ2n) is 4.74. The molecule has 1 fully saturated rings. The first kappa shape index (κ1) is 17.6. The average Bonchev–Trinajstić information content (AvgIpc) is 2.43. The molecule has 1 saturated heterocycles. The molecule has 116 valence electrons. The van der Waals surface area contributed by atoms with Crippen LogP contribution in [0.25, 0.3) is 0 Å². The number of carboxylic acid groups (broad SMARTS) is 1. The average molecular weight is 322 g/mol. The molecule has 0 unspecified atom stereocenters. The molecule has 0 aromatic rings. The van der Waals surface area contributed by atoms with Crippen LogP contribution in [-0.4, -0.2) is 83.6 Å². The van der Waals surface area contributed by atoms with Gasteiger partial charge in [0.1, 0.15) is 6.04 Å². The van der Waals surface area contributed by atoms with Crippen LogP contribution in [0.5, 0.6) is 0 Å². The second kappa shape index (κ2) is 8.73. The van der Waals surface area contributed by atoms with Crippen molar-refractivity contribution in [3.8, 4) is 0 Å². The topological polar surface area (TPSA) is 98.9 Å². The Kier molecular flexibility index (Phi) is 7.67. The molecule has 1 rings (SSSR count). The van der Waals surface area contributed by atoms with Crippen molar-refractivity contribution in [2.45, 2.75) is 12.1 Å². The number of likely N-dealkylation sites (N-methyl/N-ethyl adjacent to an activating group) is 1. The van der Waals surface area contributed by atoms with Crippen molar-refractivity contribution in [2.75, 3.05) is 44.7 Å². The molecule has 0 aliphatic carbocycles. The molecule has 0 radical (unpaired) electrons. The van der Waals surface area contributed by atoms with Gasteiger partial charge in [-0.25, -0.2) is 4.72 Å². The summed E-state index contributed by atoms with van der Waals surface area (Å²) in [6.07, 6.45) is 0. The third-order valence-electron chi connectivity index (χ3n) is 3.10. The minimum Gasteiger partial charge on any atom is -0.480 e.